The lowest BCUT2D eigenvalue weighted by atomic mass is 10.1. The smallest absolute Gasteiger partial charge is 0.333 e. The van der Waals surface area contributed by atoms with Gasteiger partial charge in [-0.1, -0.05) is 0 Å². The van der Waals surface area contributed by atoms with Crippen LogP contribution >= 0.6 is 0 Å². The van der Waals surface area contributed by atoms with E-state index in [-0.39, 0.29) is 11.5 Å². The van der Waals surface area contributed by atoms with Gasteiger partial charge in [0.1, 0.15) is 23.6 Å². The first-order valence-corrected chi connectivity index (χ1v) is 13.9. The Morgan fingerprint density at radius 3 is 2.77 bits per heavy atom. The molecule has 13 nitrogen and oxygen atoms in total. The first-order chi connectivity index (χ1) is 18.5. The van der Waals surface area contributed by atoms with Crippen molar-refractivity contribution >= 4 is 44.7 Å². The Bertz CT molecular complexity index is 1630. The van der Waals surface area contributed by atoms with E-state index >= 15 is 0 Å². The zero-order valence-electron chi connectivity index (χ0n) is 21.2. The second-order valence-electron chi connectivity index (χ2n) is 9.22. The predicted octanol–water partition coefficient (Wildman–Crippen LogP) is 1.61. The Balaban J connectivity index is 1.29. The fraction of sp³-hybridized carbons (Fsp3) is 0.400. The molecule has 1 aliphatic carbocycles. The molecule has 1 N–H and O–H groups in total. The van der Waals surface area contributed by atoms with Gasteiger partial charge in [0.05, 0.1) is 24.0 Å². The number of ether oxygens (including phenoxy) is 1. The molecule has 1 aromatic carbocycles. The summed E-state index contributed by atoms with van der Waals surface area (Å²) in [7, 11) is -4.79. The van der Waals surface area contributed by atoms with Gasteiger partial charge in [0, 0.05) is 37.7 Å². The number of benzene rings is 2. The van der Waals surface area contributed by atoms with E-state index in [1.165, 1.54) is 0 Å². The molecular weight excluding hydrogens is 532 g/mol. The summed E-state index contributed by atoms with van der Waals surface area (Å²) in [5.41, 5.74) is 3.66. The molecule has 1 saturated heterocycles. The number of hydrogen-bond acceptors (Lipinski definition) is 11. The fourth-order valence-electron chi connectivity index (χ4n) is 4.58. The first kappa shape index (κ1) is 26.6. The average molecular weight is 559 g/mol. The van der Waals surface area contributed by atoms with Crippen LogP contribution < -0.4 is 15.0 Å². The third-order valence-electron chi connectivity index (χ3n) is 6.49. The molecule has 14 heteroatoms. The SMILES string of the molecule is CCN=c1cc2oc3cc4c(cc3nc-2cc1C)OCCN4CCCC(=O)ON1C(=O)CC(S(=O)(=O)O)C1=O. The lowest BCUT2D eigenvalue weighted by Gasteiger charge is -2.31. The topological polar surface area (TPSA) is 169 Å². The zero-order chi connectivity index (χ0) is 27.9. The second kappa shape index (κ2) is 10.3. The summed E-state index contributed by atoms with van der Waals surface area (Å²) in [4.78, 5) is 52.3. The van der Waals surface area contributed by atoms with E-state index in [1.807, 2.05) is 43.0 Å². The highest BCUT2D eigenvalue weighted by atomic mass is 32.2. The predicted molar refractivity (Wildman–Crippen MR) is 136 cm³/mol. The molecule has 3 heterocycles. The maximum atomic E-state index is 12.3. The highest BCUT2D eigenvalue weighted by Crippen LogP contribution is 2.37. The Hall–Kier alpha value is -4.04. The van der Waals surface area contributed by atoms with Crippen molar-refractivity contribution in [1.82, 2.24) is 10.0 Å². The van der Waals surface area contributed by atoms with Gasteiger partial charge < -0.3 is 18.9 Å². The number of aromatic nitrogens is 1. The van der Waals surface area contributed by atoms with Crippen molar-refractivity contribution in [3.63, 3.8) is 0 Å². The molecule has 0 aromatic heterocycles. The van der Waals surface area contributed by atoms with Gasteiger partial charge >= 0.3 is 5.97 Å². The van der Waals surface area contributed by atoms with E-state index in [0.717, 1.165) is 16.6 Å². The summed E-state index contributed by atoms with van der Waals surface area (Å²) in [5.74, 6) is -1.96. The fourth-order valence-corrected chi connectivity index (χ4v) is 5.29. The van der Waals surface area contributed by atoms with Crippen molar-refractivity contribution < 1.29 is 41.3 Å². The number of fused-ring (bicyclic) bond motifs is 3. The molecule has 5 rings (SSSR count). The molecular formula is C25H26N4O9S. The molecule has 1 unspecified atom stereocenters. The largest absolute Gasteiger partial charge is 0.489 e. The number of amides is 2. The van der Waals surface area contributed by atoms with E-state index in [9.17, 15) is 22.8 Å². The van der Waals surface area contributed by atoms with Crippen molar-refractivity contribution in [2.75, 3.05) is 31.1 Å². The van der Waals surface area contributed by atoms with Crippen LogP contribution in [0.1, 0.15) is 31.7 Å². The minimum absolute atomic E-state index is 0.108. The van der Waals surface area contributed by atoms with E-state index in [4.69, 9.17) is 23.5 Å². The highest BCUT2D eigenvalue weighted by molar-refractivity contribution is 7.87. The first-order valence-electron chi connectivity index (χ1n) is 12.4. The van der Waals surface area contributed by atoms with Gasteiger partial charge in [0.2, 0.25) is 0 Å². The zero-order valence-corrected chi connectivity index (χ0v) is 22.1. The third kappa shape index (κ3) is 5.29. The van der Waals surface area contributed by atoms with E-state index in [1.54, 1.807) is 0 Å². The summed E-state index contributed by atoms with van der Waals surface area (Å²) in [5, 5.41) is -1.02. The normalized spacial score (nSPS) is 18.1. The van der Waals surface area contributed by atoms with Gasteiger partial charge in [-0.2, -0.15) is 8.42 Å². The summed E-state index contributed by atoms with van der Waals surface area (Å²) >= 11 is 0. The van der Waals surface area contributed by atoms with Crippen LogP contribution in [0.25, 0.3) is 22.6 Å². The number of imide groups is 1. The number of anilines is 1. The molecule has 0 radical (unpaired) electrons. The van der Waals surface area contributed by atoms with Crippen molar-refractivity contribution in [2.24, 2.45) is 4.99 Å². The lowest BCUT2D eigenvalue weighted by Crippen LogP contribution is -2.37. The van der Waals surface area contributed by atoms with Crippen LogP contribution in [0.5, 0.6) is 5.75 Å². The quantitative estimate of drug-likeness (QED) is 0.254. The molecule has 1 atom stereocenters. The van der Waals surface area contributed by atoms with Gasteiger partial charge in [-0.3, -0.25) is 19.1 Å². The van der Waals surface area contributed by atoms with Crippen LogP contribution in [0.4, 0.5) is 5.69 Å². The molecule has 0 spiro atoms. The van der Waals surface area contributed by atoms with Gasteiger partial charge in [0.15, 0.2) is 16.6 Å². The van der Waals surface area contributed by atoms with Crippen molar-refractivity contribution in [2.45, 2.75) is 38.4 Å². The maximum absolute atomic E-state index is 12.3. The summed E-state index contributed by atoms with van der Waals surface area (Å²) in [6.07, 6.45) is -0.622. The Labute approximate surface area is 223 Å². The number of nitrogens with zero attached hydrogens (tertiary/aromatic N) is 4. The molecule has 1 aromatic rings. The molecule has 1 fully saturated rings. The Morgan fingerprint density at radius 1 is 1.26 bits per heavy atom. The molecule has 2 amide bonds. The summed E-state index contributed by atoms with van der Waals surface area (Å²) in [6, 6.07) is 7.45. The third-order valence-corrected chi connectivity index (χ3v) is 7.58. The summed E-state index contributed by atoms with van der Waals surface area (Å²) < 4.78 is 43.6. The monoisotopic (exact) mass is 558 g/mol. The molecule has 3 aliphatic heterocycles. The maximum Gasteiger partial charge on any atom is 0.333 e. The van der Waals surface area contributed by atoms with Crippen molar-refractivity contribution in [3.05, 3.63) is 35.2 Å². The average Bonchev–Trinajstić information content (AvgIpc) is 3.16. The van der Waals surface area contributed by atoms with Gasteiger partial charge in [0.25, 0.3) is 21.9 Å². The minimum atomic E-state index is -4.79. The molecule has 206 valence electrons. The number of aryl methyl sites for hydroxylation is 1. The lowest BCUT2D eigenvalue weighted by molar-refractivity contribution is -0.197. The summed E-state index contributed by atoms with van der Waals surface area (Å²) in [6.45, 7) is 5.97. The molecule has 4 aliphatic rings. The number of hydrogen-bond donors (Lipinski definition) is 1. The molecule has 0 saturated carbocycles. The molecule has 39 heavy (non-hydrogen) atoms. The standard InChI is InChI=1S/C25H26N4O9S/c1-3-26-15-10-19-16(9-14(15)2)27-17-11-21-18(12-20(17)37-19)28(7-8-36-21)6-4-5-24(31)38-29-23(30)13-22(25(29)32)39(33,34)35/h9-12,22H,3-8,13H2,1-2H3,(H,33,34,35). The van der Waals surface area contributed by atoms with Crippen molar-refractivity contribution in [3.8, 4) is 17.2 Å². The highest BCUT2D eigenvalue weighted by Gasteiger charge is 2.48. The van der Waals surface area contributed by atoms with Crippen LogP contribution in [0.15, 0.2) is 33.7 Å². The Kier molecular flexibility index (Phi) is 6.99. The van der Waals surface area contributed by atoms with Crippen LogP contribution in [-0.2, 0) is 29.3 Å². The molecule has 0 bridgehead atoms. The second-order valence-corrected chi connectivity index (χ2v) is 10.8. The van der Waals surface area contributed by atoms with E-state index < -0.39 is 39.6 Å². The minimum Gasteiger partial charge on any atom is -0.489 e. The van der Waals surface area contributed by atoms with Gasteiger partial charge in [-0.05, 0) is 31.9 Å². The Morgan fingerprint density at radius 2 is 2.05 bits per heavy atom. The van der Waals surface area contributed by atoms with E-state index in [0.29, 0.717) is 61.0 Å². The van der Waals surface area contributed by atoms with E-state index in [2.05, 4.69) is 4.99 Å². The number of carbonyl (C=O) groups excluding carboxylic acids is 3. The van der Waals surface area contributed by atoms with Crippen LogP contribution in [0.2, 0.25) is 0 Å². The number of carbonyl (C=O) groups is 3. The van der Waals surface area contributed by atoms with Crippen LogP contribution in [0.3, 0.4) is 0 Å². The number of hydroxylamine groups is 2. The van der Waals surface area contributed by atoms with Crippen LogP contribution in [0, 0.1) is 6.92 Å². The van der Waals surface area contributed by atoms with Crippen molar-refractivity contribution in [1.29, 1.82) is 0 Å². The van der Waals surface area contributed by atoms with Gasteiger partial charge in [-0.25, -0.2) is 9.78 Å². The van der Waals surface area contributed by atoms with Gasteiger partial charge in [-0.15, -0.1) is 5.06 Å². The number of rotatable bonds is 7. The van der Waals surface area contributed by atoms with Crippen LogP contribution in [-0.4, -0.2) is 72.3 Å².